The van der Waals surface area contributed by atoms with Gasteiger partial charge in [-0.15, -0.1) is 0 Å². The summed E-state index contributed by atoms with van der Waals surface area (Å²) < 4.78 is 0. The van der Waals surface area contributed by atoms with E-state index >= 15 is 0 Å². The first-order valence-electron chi connectivity index (χ1n) is 9.46. The predicted octanol–water partition coefficient (Wildman–Crippen LogP) is 7.13. The number of carbonyl (C=O) groups is 1. The first-order valence-corrected chi connectivity index (χ1v) is 9.46. The fourth-order valence-electron chi connectivity index (χ4n) is 2.21. The topological polar surface area (TPSA) is 37.3 Å². The van der Waals surface area contributed by atoms with Crippen LogP contribution in [0.15, 0.2) is 11.6 Å². The van der Waals surface area contributed by atoms with E-state index in [0.717, 1.165) is 0 Å². The highest BCUT2D eigenvalue weighted by Gasteiger charge is 1.93. The van der Waals surface area contributed by atoms with Crippen LogP contribution in [-0.2, 0) is 4.79 Å². The average Bonchev–Trinajstić information content (AvgIpc) is 2.52. The lowest BCUT2D eigenvalue weighted by Crippen LogP contribution is -1.93. The van der Waals surface area contributed by atoms with E-state index in [1.807, 2.05) is 0 Å². The van der Waals surface area contributed by atoms with Crippen LogP contribution in [0.5, 0.6) is 0 Å². The average molecular weight is 313 g/mol. The van der Waals surface area contributed by atoms with Crippen molar-refractivity contribution in [2.75, 3.05) is 0 Å². The lowest BCUT2D eigenvalue weighted by molar-refractivity contribution is -0.132. The van der Waals surface area contributed by atoms with Crippen LogP contribution in [0.2, 0.25) is 0 Å². The third-order valence-corrected chi connectivity index (χ3v) is 3.98. The van der Waals surface area contributed by atoms with Crippen molar-refractivity contribution in [2.45, 2.75) is 111 Å². The third-order valence-electron chi connectivity index (χ3n) is 3.98. The smallest absolute Gasteiger partial charge is 0.330 e. The fourth-order valence-corrected chi connectivity index (χ4v) is 2.21. The molecule has 0 saturated carbocycles. The van der Waals surface area contributed by atoms with Crippen LogP contribution in [-0.4, -0.2) is 11.1 Å². The van der Waals surface area contributed by atoms with E-state index in [-0.39, 0.29) is 0 Å². The van der Waals surface area contributed by atoms with Crippen LogP contribution in [0.25, 0.3) is 0 Å². The molecule has 2 nitrogen and oxygen atoms in total. The van der Waals surface area contributed by atoms with Gasteiger partial charge in [-0.25, -0.2) is 4.79 Å². The predicted molar refractivity (Wildman–Crippen MR) is 98.4 cm³/mol. The van der Waals surface area contributed by atoms with Gasteiger partial charge in [0.1, 0.15) is 0 Å². The minimum absolute atomic E-state index is 0.389. The molecule has 1 N–H and O–H groups in total. The van der Waals surface area contributed by atoms with E-state index in [1.165, 1.54) is 83.5 Å². The van der Waals surface area contributed by atoms with Crippen molar-refractivity contribution in [1.82, 2.24) is 0 Å². The largest absolute Gasteiger partial charge is 0.478 e. The molecule has 0 radical (unpaired) electrons. The number of carboxylic acids is 1. The second-order valence-electron chi connectivity index (χ2n) is 6.17. The third kappa shape index (κ3) is 21.5. The van der Waals surface area contributed by atoms with Crippen molar-refractivity contribution in [2.24, 2.45) is 0 Å². The molecule has 2 heteroatoms. The van der Waals surface area contributed by atoms with Gasteiger partial charge in [-0.1, -0.05) is 103 Å². The zero-order valence-electron chi connectivity index (χ0n) is 15.6. The summed E-state index contributed by atoms with van der Waals surface area (Å²) in [6.07, 6.45) is 20.5. The van der Waals surface area contributed by atoms with E-state index in [1.54, 1.807) is 19.9 Å². The number of unbranched alkanes of at least 4 members (excludes halogenated alkanes) is 12. The molecule has 0 spiro atoms. The van der Waals surface area contributed by atoms with Gasteiger partial charge in [0.25, 0.3) is 0 Å². The minimum atomic E-state index is -0.845. The summed E-state index contributed by atoms with van der Waals surface area (Å²) in [5.41, 5.74) is 0.389. The number of allylic oxidation sites excluding steroid dienone is 1. The van der Waals surface area contributed by atoms with E-state index in [0.29, 0.717) is 5.57 Å². The van der Waals surface area contributed by atoms with Gasteiger partial charge < -0.3 is 5.11 Å². The molecular weight excluding hydrogens is 272 g/mol. The fraction of sp³-hybridized carbons (Fsp3) is 0.850. The maximum atomic E-state index is 9.86. The maximum absolute atomic E-state index is 9.86. The van der Waals surface area contributed by atoms with Crippen molar-refractivity contribution < 1.29 is 9.90 Å². The zero-order valence-corrected chi connectivity index (χ0v) is 15.6. The second-order valence-corrected chi connectivity index (χ2v) is 6.17. The monoisotopic (exact) mass is 312 g/mol. The highest BCUT2D eigenvalue weighted by atomic mass is 16.4. The Labute approximate surface area is 139 Å². The van der Waals surface area contributed by atoms with Gasteiger partial charge in [-0.3, -0.25) is 0 Å². The van der Waals surface area contributed by atoms with Crippen molar-refractivity contribution >= 4 is 5.97 Å². The summed E-state index contributed by atoms with van der Waals surface area (Å²) in [6.45, 7) is 7.83. The lowest BCUT2D eigenvalue weighted by atomic mass is 10.1. The second kappa shape index (κ2) is 20.2. The SMILES string of the molecule is CC=C(C)C(=O)O.CCCCCCCCCCCCCCC. The van der Waals surface area contributed by atoms with Crippen LogP contribution in [0.3, 0.4) is 0 Å². The highest BCUT2D eigenvalue weighted by Crippen LogP contribution is 2.12. The molecule has 0 aliphatic carbocycles. The molecule has 0 atom stereocenters. The standard InChI is InChI=1S/C15H32.C5H8O2/c1-3-5-7-9-11-13-15-14-12-10-8-6-4-2;1-3-4(2)5(6)7/h3-15H2,1-2H3;3H,1-2H3,(H,6,7). The van der Waals surface area contributed by atoms with Crippen LogP contribution in [0.1, 0.15) is 111 Å². The quantitative estimate of drug-likeness (QED) is 0.290. The first kappa shape index (κ1) is 23.5. The first-order chi connectivity index (χ1) is 10.6. The van der Waals surface area contributed by atoms with Crippen molar-refractivity contribution in [3.05, 3.63) is 11.6 Å². The molecule has 0 aromatic rings. The summed E-state index contributed by atoms with van der Waals surface area (Å²) >= 11 is 0. The maximum Gasteiger partial charge on any atom is 0.330 e. The number of rotatable bonds is 13. The molecule has 132 valence electrons. The summed E-state index contributed by atoms with van der Waals surface area (Å²) in [5.74, 6) is -0.845. The number of aliphatic carboxylic acids is 1. The van der Waals surface area contributed by atoms with Crippen LogP contribution in [0, 0.1) is 0 Å². The molecular formula is C20H40O2. The molecule has 0 amide bonds. The van der Waals surface area contributed by atoms with Crippen molar-refractivity contribution in [3.8, 4) is 0 Å². The molecule has 0 unspecified atom stereocenters. The molecule has 0 aromatic heterocycles. The molecule has 0 aliphatic rings. The summed E-state index contributed by atoms with van der Waals surface area (Å²) in [4.78, 5) is 9.86. The van der Waals surface area contributed by atoms with Gasteiger partial charge in [0.15, 0.2) is 0 Å². The van der Waals surface area contributed by atoms with Gasteiger partial charge in [0.2, 0.25) is 0 Å². The molecule has 0 bridgehead atoms. The van der Waals surface area contributed by atoms with Gasteiger partial charge in [-0.2, -0.15) is 0 Å². The number of hydrogen-bond donors (Lipinski definition) is 1. The normalized spacial score (nSPS) is 11.0. The van der Waals surface area contributed by atoms with Gasteiger partial charge >= 0.3 is 5.97 Å². The summed E-state index contributed by atoms with van der Waals surface area (Å²) in [5, 5.41) is 8.11. The van der Waals surface area contributed by atoms with Crippen LogP contribution < -0.4 is 0 Å². The van der Waals surface area contributed by atoms with Gasteiger partial charge in [0, 0.05) is 5.57 Å². The number of hydrogen-bond acceptors (Lipinski definition) is 1. The Morgan fingerprint density at radius 2 is 1.00 bits per heavy atom. The summed E-state index contributed by atoms with van der Waals surface area (Å²) in [7, 11) is 0. The lowest BCUT2D eigenvalue weighted by Gasteiger charge is -2.01. The van der Waals surface area contributed by atoms with E-state index in [4.69, 9.17) is 5.11 Å². The molecule has 0 fully saturated rings. The van der Waals surface area contributed by atoms with Crippen LogP contribution >= 0.6 is 0 Å². The number of carboxylic acid groups (broad SMARTS) is 1. The highest BCUT2D eigenvalue weighted by molar-refractivity contribution is 5.85. The molecule has 0 saturated heterocycles. The Morgan fingerprint density at radius 1 is 0.727 bits per heavy atom. The Kier molecular flexibility index (Phi) is 21.6. The minimum Gasteiger partial charge on any atom is -0.478 e. The Bertz CT molecular complexity index is 244. The molecule has 0 aromatic carbocycles. The van der Waals surface area contributed by atoms with Crippen molar-refractivity contribution in [1.29, 1.82) is 0 Å². The van der Waals surface area contributed by atoms with E-state index in [2.05, 4.69) is 13.8 Å². The van der Waals surface area contributed by atoms with E-state index in [9.17, 15) is 4.79 Å². The van der Waals surface area contributed by atoms with Gasteiger partial charge in [-0.05, 0) is 13.8 Å². The Hall–Kier alpha value is -0.790. The summed E-state index contributed by atoms with van der Waals surface area (Å²) in [6, 6.07) is 0. The molecule has 0 heterocycles. The van der Waals surface area contributed by atoms with Crippen molar-refractivity contribution in [3.63, 3.8) is 0 Å². The molecule has 0 rings (SSSR count). The van der Waals surface area contributed by atoms with Crippen LogP contribution in [0.4, 0.5) is 0 Å². The zero-order chi connectivity index (χ0) is 17.1. The Morgan fingerprint density at radius 3 is 1.14 bits per heavy atom. The molecule has 0 aliphatic heterocycles. The molecule has 22 heavy (non-hydrogen) atoms. The Balaban J connectivity index is 0. The van der Waals surface area contributed by atoms with E-state index < -0.39 is 5.97 Å². The van der Waals surface area contributed by atoms with Gasteiger partial charge in [0.05, 0.1) is 0 Å².